The number of cyclic esters (lactones) is 1. The van der Waals surface area contributed by atoms with Crippen LogP contribution in [0, 0.1) is 0 Å². The average Bonchev–Trinajstić information content (AvgIpc) is 2.41. The molecule has 1 aromatic rings. The number of esters is 1. The molecule has 2 N–H and O–H groups in total. The van der Waals surface area contributed by atoms with Gasteiger partial charge in [-0.1, -0.05) is 6.07 Å². The summed E-state index contributed by atoms with van der Waals surface area (Å²) in [6.45, 7) is 0.339. The predicted molar refractivity (Wildman–Crippen MR) is 47.7 cm³/mol. The number of carbonyl (C=O) groups excluding carboxylic acids is 1. The Hall–Kier alpha value is -1.03. The molecule has 0 saturated carbocycles. The molecule has 0 aliphatic carbocycles. The van der Waals surface area contributed by atoms with Crippen LogP contribution in [-0.2, 0) is 11.3 Å². The maximum atomic E-state index is 11.1. The Morgan fingerprint density at radius 2 is 2.25 bits per heavy atom. The van der Waals surface area contributed by atoms with E-state index in [0.29, 0.717) is 17.9 Å². The highest BCUT2D eigenvalue weighted by Gasteiger charge is 2.24. The van der Waals surface area contributed by atoms with Gasteiger partial charge in [-0.3, -0.25) is 0 Å². The summed E-state index contributed by atoms with van der Waals surface area (Å²) < 4.78 is 5.56. The first-order chi connectivity index (χ1) is 5.70. The normalized spacial score (nSPS) is 14.2. The van der Waals surface area contributed by atoms with E-state index in [1.165, 1.54) is 0 Å². The van der Waals surface area contributed by atoms with Crippen LogP contribution in [0.1, 0.15) is 15.9 Å². The molecule has 0 unspecified atom stereocenters. The minimum atomic E-state index is -0.330. The van der Waals surface area contributed by atoms with Crippen LogP contribution in [0.2, 0.25) is 0 Å². The van der Waals surface area contributed by atoms with Crippen molar-refractivity contribution in [3.8, 4) is 0 Å². The SMILES string of the molecule is Nc1c(Br)ccc2c1C(=O)OC2. The van der Waals surface area contributed by atoms with E-state index in [9.17, 15) is 4.79 Å². The summed E-state index contributed by atoms with van der Waals surface area (Å²) in [7, 11) is 0. The van der Waals surface area contributed by atoms with Gasteiger partial charge >= 0.3 is 5.97 Å². The fraction of sp³-hybridized carbons (Fsp3) is 0.125. The molecule has 1 aromatic carbocycles. The van der Waals surface area contributed by atoms with Gasteiger partial charge in [-0.25, -0.2) is 4.79 Å². The summed E-state index contributed by atoms with van der Waals surface area (Å²) in [5.74, 6) is -0.330. The number of ether oxygens (including phenoxy) is 1. The Morgan fingerprint density at radius 3 is 3.00 bits per heavy atom. The van der Waals surface area contributed by atoms with Crippen molar-refractivity contribution in [1.29, 1.82) is 0 Å². The molecule has 1 heterocycles. The molecule has 0 amide bonds. The number of halogens is 1. The fourth-order valence-electron chi connectivity index (χ4n) is 1.22. The summed E-state index contributed by atoms with van der Waals surface area (Å²) in [6.07, 6.45) is 0. The minimum Gasteiger partial charge on any atom is -0.457 e. The monoisotopic (exact) mass is 227 g/mol. The van der Waals surface area contributed by atoms with Crippen molar-refractivity contribution >= 4 is 27.6 Å². The highest BCUT2D eigenvalue weighted by molar-refractivity contribution is 9.10. The third-order valence-electron chi connectivity index (χ3n) is 1.84. The first-order valence-corrected chi connectivity index (χ1v) is 4.23. The number of fused-ring (bicyclic) bond motifs is 1. The third-order valence-corrected chi connectivity index (χ3v) is 2.53. The summed E-state index contributed by atoms with van der Waals surface area (Å²) in [6, 6.07) is 3.65. The topological polar surface area (TPSA) is 52.3 Å². The lowest BCUT2D eigenvalue weighted by atomic mass is 10.1. The van der Waals surface area contributed by atoms with Crippen LogP contribution in [0.15, 0.2) is 16.6 Å². The van der Waals surface area contributed by atoms with E-state index >= 15 is 0 Å². The zero-order valence-corrected chi connectivity index (χ0v) is 7.72. The van der Waals surface area contributed by atoms with E-state index in [0.717, 1.165) is 10.0 Å². The summed E-state index contributed by atoms with van der Waals surface area (Å²) in [4.78, 5) is 11.1. The Balaban J connectivity index is 2.71. The fourth-order valence-corrected chi connectivity index (χ4v) is 1.55. The highest BCUT2D eigenvalue weighted by Crippen LogP contribution is 2.31. The van der Waals surface area contributed by atoms with Gasteiger partial charge in [0.15, 0.2) is 0 Å². The summed E-state index contributed by atoms with van der Waals surface area (Å²) in [5.41, 5.74) is 7.51. The molecule has 1 aliphatic rings. The molecule has 0 bridgehead atoms. The van der Waals surface area contributed by atoms with E-state index in [4.69, 9.17) is 10.5 Å². The van der Waals surface area contributed by atoms with Crippen molar-refractivity contribution in [2.24, 2.45) is 0 Å². The average molecular weight is 228 g/mol. The van der Waals surface area contributed by atoms with Crippen LogP contribution in [0.25, 0.3) is 0 Å². The molecule has 0 radical (unpaired) electrons. The zero-order chi connectivity index (χ0) is 8.72. The van der Waals surface area contributed by atoms with Crippen LogP contribution in [0.3, 0.4) is 0 Å². The lowest BCUT2D eigenvalue weighted by molar-refractivity contribution is 0.0536. The molecule has 0 spiro atoms. The quantitative estimate of drug-likeness (QED) is 0.543. The Bertz CT molecular complexity index is 362. The van der Waals surface area contributed by atoms with E-state index < -0.39 is 0 Å². The second-order valence-electron chi connectivity index (χ2n) is 2.57. The van der Waals surface area contributed by atoms with Gasteiger partial charge in [0.2, 0.25) is 0 Å². The first-order valence-electron chi connectivity index (χ1n) is 3.44. The number of rotatable bonds is 0. The Morgan fingerprint density at radius 1 is 1.50 bits per heavy atom. The number of carbonyl (C=O) groups is 1. The standard InChI is InChI=1S/C8H6BrNO2/c9-5-2-1-4-3-12-8(11)6(4)7(5)10/h1-2H,3,10H2. The van der Waals surface area contributed by atoms with Crippen molar-refractivity contribution in [2.75, 3.05) is 5.73 Å². The maximum Gasteiger partial charge on any atom is 0.341 e. The van der Waals surface area contributed by atoms with Crippen LogP contribution in [0.4, 0.5) is 5.69 Å². The van der Waals surface area contributed by atoms with E-state index in [1.54, 1.807) is 0 Å². The molecule has 3 nitrogen and oxygen atoms in total. The van der Waals surface area contributed by atoms with E-state index in [1.807, 2.05) is 12.1 Å². The highest BCUT2D eigenvalue weighted by atomic mass is 79.9. The van der Waals surface area contributed by atoms with Crippen molar-refractivity contribution in [3.05, 3.63) is 27.7 Å². The van der Waals surface area contributed by atoms with Crippen LogP contribution < -0.4 is 5.73 Å². The van der Waals surface area contributed by atoms with Crippen molar-refractivity contribution in [2.45, 2.75) is 6.61 Å². The Labute approximate surface area is 77.6 Å². The molecule has 0 fully saturated rings. The van der Waals surface area contributed by atoms with E-state index in [-0.39, 0.29) is 5.97 Å². The molecular weight excluding hydrogens is 222 g/mol. The van der Waals surface area contributed by atoms with Gasteiger partial charge in [-0.2, -0.15) is 0 Å². The van der Waals surface area contributed by atoms with Gasteiger partial charge in [0, 0.05) is 10.0 Å². The number of hydrogen-bond donors (Lipinski definition) is 1. The number of anilines is 1. The predicted octanol–water partition coefficient (Wildman–Crippen LogP) is 1.70. The second-order valence-corrected chi connectivity index (χ2v) is 3.43. The molecule has 0 atom stereocenters. The summed E-state index contributed by atoms with van der Waals surface area (Å²) >= 11 is 3.24. The first kappa shape index (κ1) is 7.61. The van der Waals surface area contributed by atoms with Crippen molar-refractivity contribution in [3.63, 3.8) is 0 Å². The van der Waals surface area contributed by atoms with Gasteiger partial charge in [0.25, 0.3) is 0 Å². The van der Waals surface area contributed by atoms with Gasteiger partial charge in [-0.15, -0.1) is 0 Å². The molecule has 0 aromatic heterocycles. The minimum absolute atomic E-state index is 0.330. The largest absolute Gasteiger partial charge is 0.457 e. The Kier molecular flexibility index (Phi) is 1.58. The number of nitrogens with two attached hydrogens (primary N) is 1. The van der Waals surface area contributed by atoms with Crippen LogP contribution in [0.5, 0.6) is 0 Å². The molecular formula is C8H6BrNO2. The maximum absolute atomic E-state index is 11.1. The summed E-state index contributed by atoms with van der Waals surface area (Å²) in [5, 5.41) is 0. The zero-order valence-electron chi connectivity index (χ0n) is 6.13. The van der Waals surface area contributed by atoms with Gasteiger partial charge in [0.1, 0.15) is 6.61 Å². The van der Waals surface area contributed by atoms with Gasteiger partial charge in [-0.05, 0) is 22.0 Å². The van der Waals surface area contributed by atoms with Crippen molar-refractivity contribution in [1.82, 2.24) is 0 Å². The van der Waals surface area contributed by atoms with Gasteiger partial charge < -0.3 is 10.5 Å². The third kappa shape index (κ3) is 0.914. The smallest absolute Gasteiger partial charge is 0.341 e. The van der Waals surface area contributed by atoms with Crippen molar-refractivity contribution < 1.29 is 9.53 Å². The number of benzene rings is 1. The number of hydrogen-bond acceptors (Lipinski definition) is 3. The van der Waals surface area contributed by atoms with Crippen LogP contribution >= 0.6 is 15.9 Å². The molecule has 12 heavy (non-hydrogen) atoms. The lowest BCUT2D eigenvalue weighted by Crippen LogP contribution is -2.00. The molecule has 62 valence electrons. The van der Waals surface area contributed by atoms with Gasteiger partial charge in [0.05, 0.1) is 11.3 Å². The lowest BCUT2D eigenvalue weighted by Gasteiger charge is -2.00. The molecule has 0 saturated heterocycles. The van der Waals surface area contributed by atoms with Crippen LogP contribution in [-0.4, -0.2) is 5.97 Å². The molecule has 2 rings (SSSR count). The second kappa shape index (κ2) is 2.48. The number of nitrogen functional groups attached to an aromatic ring is 1. The molecule has 1 aliphatic heterocycles. The van der Waals surface area contributed by atoms with E-state index in [2.05, 4.69) is 15.9 Å². The molecule has 4 heteroatoms.